The molecule has 0 bridgehead atoms. The van der Waals surface area contributed by atoms with Crippen LogP contribution in [0.2, 0.25) is 0 Å². The third-order valence-corrected chi connectivity index (χ3v) is 4.99. The molecule has 122 valence electrons. The Morgan fingerprint density at radius 1 is 1.29 bits per heavy atom. The minimum atomic E-state index is -0.134. The van der Waals surface area contributed by atoms with Gasteiger partial charge >= 0.3 is 0 Å². The van der Waals surface area contributed by atoms with Gasteiger partial charge in [0.05, 0.1) is 11.9 Å². The number of nitrogens with one attached hydrogen (secondary N) is 1. The topological polar surface area (TPSA) is 85.8 Å². The Morgan fingerprint density at radius 2 is 2.08 bits per heavy atom. The Morgan fingerprint density at radius 3 is 2.83 bits per heavy atom. The van der Waals surface area contributed by atoms with Gasteiger partial charge in [-0.25, -0.2) is 9.67 Å². The van der Waals surface area contributed by atoms with Crippen molar-refractivity contribution < 1.29 is 4.79 Å². The number of hydrogen-bond donors (Lipinski definition) is 2. The minimum absolute atomic E-state index is 0.134. The zero-order chi connectivity index (χ0) is 16.5. The molecule has 0 spiro atoms. The number of nitrogens with two attached hydrogens (primary N) is 1. The second-order valence-electron chi connectivity index (χ2n) is 5.95. The van der Waals surface area contributed by atoms with Crippen LogP contribution in [0.15, 0.2) is 48.1 Å². The highest BCUT2D eigenvalue weighted by molar-refractivity contribution is 7.13. The van der Waals surface area contributed by atoms with Crippen molar-refractivity contribution in [3.05, 3.63) is 53.8 Å². The summed E-state index contributed by atoms with van der Waals surface area (Å²) >= 11 is 1.44. The van der Waals surface area contributed by atoms with Crippen molar-refractivity contribution >= 4 is 17.2 Å². The number of carbonyl (C=O) groups is 1. The Bertz CT molecular complexity index is 851. The van der Waals surface area contributed by atoms with Crippen LogP contribution in [0.4, 0.5) is 0 Å². The van der Waals surface area contributed by atoms with Crippen LogP contribution >= 0.6 is 11.3 Å². The summed E-state index contributed by atoms with van der Waals surface area (Å²) in [7, 11) is 0. The summed E-state index contributed by atoms with van der Waals surface area (Å²) < 4.78 is 1.80. The Kier molecular flexibility index (Phi) is 3.87. The predicted octanol–water partition coefficient (Wildman–Crippen LogP) is 2.22. The average molecular weight is 339 g/mol. The van der Waals surface area contributed by atoms with Gasteiger partial charge < -0.3 is 11.1 Å². The molecule has 6 nitrogen and oxygen atoms in total. The van der Waals surface area contributed by atoms with E-state index in [-0.39, 0.29) is 18.0 Å². The molecule has 3 aromatic rings. The molecule has 24 heavy (non-hydrogen) atoms. The summed E-state index contributed by atoms with van der Waals surface area (Å²) in [6, 6.07) is 10.3. The van der Waals surface area contributed by atoms with Crippen LogP contribution < -0.4 is 11.1 Å². The lowest BCUT2D eigenvalue weighted by molar-refractivity contribution is 0.0906. The van der Waals surface area contributed by atoms with E-state index in [4.69, 9.17) is 5.73 Å². The Balaban J connectivity index is 1.49. The van der Waals surface area contributed by atoms with E-state index in [2.05, 4.69) is 15.4 Å². The van der Waals surface area contributed by atoms with Crippen LogP contribution in [-0.2, 0) is 0 Å². The van der Waals surface area contributed by atoms with E-state index in [1.807, 2.05) is 36.5 Å². The van der Waals surface area contributed by atoms with Gasteiger partial charge in [-0.05, 0) is 25.0 Å². The van der Waals surface area contributed by atoms with E-state index in [0.717, 1.165) is 29.1 Å². The molecule has 0 aliphatic heterocycles. The molecule has 2 heterocycles. The third-order valence-electron chi connectivity index (χ3n) is 4.10. The molecule has 0 saturated heterocycles. The molecule has 1 aliphatic rings. The largest absolute Gasteiger partial charge is 0.348 e. The molecule has 0 radical (unpaired) electrons. The molecule has 1 amide bonds. The molecule has 1 fully saturated rings. The van der Waals surface area contributed by atoms with E-state index in [9.17, 15) is 4.79 Å². The number of amides is 1. The fourth-order valence-electron chi connectivity index (χ4n) is 2.70. The van der Waals surface area contributed by atoms with Crippen LogP contribution in [0.1, 0.15) is 23.3 Å². The van der Waals surface area contributed by atoms with Crippen LogP contribution in [0.25, 0.3) is 16.3 Å². The van der Waals surface area contributed by atoms with Crippen molar-refractivity contribution in [2.24, 2.45) is 5.73 Å². The van der Waals surface area contributed by atoms with Crippen molar-refractivity contribution in [2.75, 3.05) is 0 Å². The lowest BCUT2D eigenvalue weighted by Crippen LogP contribution is -2.50. The van der Waals surface area contributed by atoms with Gasteiger partial charge in [-0.1, -0.05) is 18.2 Å². The fraction of sp³-hybridized carbons (Fsp3) is 0.235. The number of hydrogen-bond acceptors (Lipinski definition) is 5. The van der Waals surface area contributed by atoms with Crippen molar-refractivity contribution in [2.45, 2.75) is 24.9 Å². The van der Waals surface area contributed by atoms with E-state index >= 15 is 0 Å². The van der Waals surface area contributed by atoms with Gasteiger partial charge in [0.2, 0.25) is 0 Å². The number of carbonyl (C=O) groups excluding carboxylic acids is 1. The molecule has 0 unspecified atom stereocenters. The first-order chi connectivity index (χ1) is 11.7. The molecule has 1 aliphatic carbocycles. The number of benzene rings is 1. The average Bonchev–Trinajstić information content (AvgIpc) is 3.23. The third kappa shape index (κ3) is 2.95. The van der Waals surface area contributed by atoms with Gasteiger partial charge in [-0.3, -0.25) is 4.79 Å². The van der Waals surface area contributed by atoms with E-state index in [1.54, 1.807) is 16.3 Å². The summed E-state index contributed by atoms with van der Waals surface area (Å²) in [4.78, 5) is 16.6. The first kappa shape index (κ1) is 15.0. The number of nitrogens with zero attached hydrogens (tertiary/aromatic N) is 3. The van der Waals surface area contributed by atoms with Gasteiger partial charge in [0.25, 0.3) is 5.91 Å². The highest BCUT2D eigenvalue weighted by Gasteiger charge is 2.28. The zero-order valence-corrected chi connectivity index (χ0v) is 13.7. The molecular weight excluding hydrogens is 322 g/mol. The van der Waals surface area contributed by atoms with Crippen molar-refractivity contribution in [1.82, 2.24) is 20.1 Å². The van der Waals surface area contributed by atoms with Crippen LogP contribution in [0.5, 0.6) is 0 Å². The standard InChI is InChI=1S/C17H17N5OS/c18-12-6-13(7-12)20-16(23)15-10-24-17(21-15)11-8-19-22(9-11)14-4-2-1-3-5-14/h1-5,8-10,12-13H,6-7,18H2,(H,20,23)/t12-,13-. The van der Waals surface area contributed by atoms with Gasteiger partial charge in [0, 0.05) is 29.2 Å². The van der Waals surface area contributed by atoms with Crippen molar-refractivity contribution in [3.8, 4) is 16.3 Å². The lowest BCUT2D eigenvalue weighted by atomic mass is 9.87. The number of aromatic nitrogens is 3. The lowest BCUT2D eigenvalue weighted by Gasteiger charge is -2.32. The highest BCUT2D eigenvalue weighted by Crippen LogP contribution is 2.25. The van der Waals surface area contributed by atoms with Crippen molar-refractivity contribution in [3.63, 3.8) is 0 Å². The summed E-state index contributed by atoms with van der Waals surface area (Å²) in [5.74, 6) is -0.134. The molecular formula is C17H17N5OS. The molecule has 3 N–H and O–H groups in total. The van der Waals surface area contributed by atoms with Gasteiger partial charge in [0.1, 0.15) is 10.7 Å². The summed E-state index contributed by atoms with van der Waals surface area (Å²) in [5, 5.41) is 9.89. The number of thiazole rings is 1. The summed E-state index contributed by atoms with van der Waals surface area (Å²) in [6.45, 7) is 0. The van der Waals surface area contributed by atoms with E-state index < -0.39 is 0 Å². The van der Waals surface area contributed by atoms with Gasteiger partial charge in [-0.2, -0.15) is 5.10 Å². The minimum Gasteiger partial charge on any atom is -0.348 e. The predicted molar refractivity (Wildman–Crippen MR) is 93.1 cm³/mol. The first-order valence-corrected chi connectivity index (χ1v) is 8.69. The highest BCUT2D eigenvalue weighted by atomic mass is 32.1. The molecule has 1 saturated carbocycles. The molecule has 1 aromatic carbocycles. The van der Waals surface area contributed by atoms with Crippen molar-refractivity contribution in [1.29, 1.82) is 0 Å². The second kappa shape index (κ2) is 6.18. The van der Waals surface area contributed by atoms with Gasteiger partial charge in [0.15, 0.2) is 0 Å². The van der Waals surface area contributed by atoms with Gasteiger partial charge in [-0.15, -0.1) is 11.3 Å². The maximum absolute atomic E-state index is 12.2. The monoisotopic (exact) mass is 339 g/mol. The SMILES string of the molecule is N[C@H]1C[C@H](NC(=O)c2csc(-c3cnn(-c4ccccc4)c3)n2)C1. The fourth-order valence-corrected chi connectivity index (χ4v) is 3.48. The maximum Gasteiger partial charge on any atom is 0.270 e. The quantitative estimate of drug-likeness (QED) is 0.763. The Labute approximate surface area is 143 Å². The number of para-hydroxylation sites is 1. The van der Waals surface area contributed by atoms with Crippen LogP contribution in [-0.4, -0.2) is 32.8 Å². The number of rotatable bonds is 4. The normalized spacial score (nSPS) is 19.7. The molecule has 7 heteroatoms. The molecule has 2 aromatic heterocycles. The zero-order valence-electron chi connectivity index (χ0n) is 12.9. The second-order valence-corrected chi connectivity index (χ2v) is 6.81. The Hall–Kier alpha value is -2.51. The maximum atomic E-state index is 12.2. The first-order valence-electron chi connectivity index (χ1n) is 7.81. The smallest absolute Gasteiger partial charge is 0.270 e. The molecule has 4 rings (SSSR count). The van der Waals surface area contributed by atoms with Crippen LogP contribution in [0, 0.1) is 0 Å². The molecule has 0 atom stereocenters. The van der Waals surface area contributed by atoms with Crippen LogP contribution in [0.3, 0.4) is 0 Å². The summed E-state index contributed by atoms with van der Waals surface area (Å²) in [6.07, 6.45) is 5.36. The summed E-state index contributed by atoms with van der Waals surface area (Å²) in [5.41, 5.74) is 8.07. The van der Waals surface area contributed by atoms with E-state index in [0.29, 0.717) is 5.69 Å². The van der Waals surface area contributed by atoms with E-state index in [1.165, 1.54) is 11.3 Å².